The van der Waals surface area contributed by atoms with Crippen LogP contribution in [-0.4, -0.2) is 23.0 Å². The maximum Gasteiger partial charge on any atom is 0.259 e. The number of nitrogens with zero attached hydrogens (tertiary/aromatic N) is 2. The zero-order valence-corrected chi connectivity index (χ0v) is 13.1. The highest BCUT2D eigenvalue weighted by atomic mass is 79.9. The quantitative estimate of drug-likeness (QED) is 0.914. The van der Waals surface area contributed by atoms with Crippen LogP contribution in [0, 0.1) is 6.92 Å². The van der Waals surface area contributed by atoms with E-state index in [0.29, 0.717) is 26.6 Å². The van der Waals surface area contributed by atoms with Gasteiger partial charge in [0.1, 0.15) is 0 Å². The molecule has 0 aliphatic rings. The number of anilines is 1. The first-order valence-corrected chi connectivity index (χ1v) is 6.83. The minimum Gasteiger partial charge on any atom is -0.481 e. The van der Waals surface area contributed by atoms with E-state index in [2.05, 4.69) is 31.2 Å². The summed E-state index contributed by atoms with van der Waals surface area (Å²) in [6, 6.07) is 6.63. The molecule has 0 spiro atoms. The van der Waals surface area contributed by atoms with Crippen LogP contribution in [-0.2, 0) is 0 Å². The minimum atomic E-state index is -0.355. The lowest BCUT2D eigenvalue weighted by molar-refractivity contribution is 0.102. The maximum absolute atomic E-state index is 12.2. The fourth-order valence-corrected chi connectivity index (χ4v) is 2.14. The smallest absolute Gasteiger partial charge is 0.259 e. The Labute approximate surface area is 129 Å². The highest BCUT2D eigenvalue weighted by Crippen LogP contribution is 2.22. The van der Waals surface area contributed by atoms with Crippen LogP contribution in [0.1, 0.15) is 16.1 Å². The molecule has 1 aromatic carbocycles. The minimum absolute atomic E-state index is 0.179. The molecular formula is C13H11BrClN3O2. The van der Waals surface area contributed by atoms with Crippen LogP contribution >= 0.6 is 27.5 Å². The van der Waals surface area contributed by atoms with Crippen LogP contribution in [0.4, 0.5) is 5.95 Å². The third-order valence-corrected chi connectivity index (χ3v) is 3.36. The van der Waals surface area contributed by atoms with Gasteiger partial charge in [-0.15, -0.1) is 0 Å². The molecule has 0 unspecified atom stereocenters. The van der Waals surface area contributed by atoms with Crippen molar-refractivity contribution in [1.29, 1.82) is 0 Å². The van der Waals surface area contributed by atoms with Crippen molar-refractivity contribution in [3.05, 3.63) is 45.0 Å². The van der Waals surface area contributed by atoms with Gasteiger partial charge in [0, 0.05) is 21.3 Å². The molecular weight excluding hydrogens is 346 g/mol. The molecule has 1 aromatic heterocycles. The molecule has 2 aromatic rings. The number of aromatic nitrogens is 2. The molecule has 20 heavy (non-hydrogen) atoms. The second-order valence-corrected chi connectivity index (χ2v) is 5.24. The van der Waals surface area contributed by atoms with Crippen molar-refractivity contribution >= 4 is 39.4 Å². The van der Waals surface area contributed by atoms with Gasteiger partial charge in [-0.25, -0.2) is 4.98 Å². The molecule has 7 heteroatoms. The molecule has 0 aliphatic heterocycles. The second-order valence-electron chi connectivity index (χ2n) is 3.95. The summed E-state index contributed by atoms with van der Waals surface area (Å²) in [5, 5.41) is 3.09. The number of benzene rings is 1. The molecule has 0 saturated carbocycles. The summed E-state index contributed by atoms with van der Waals surface area (Å²) in [6.07, 6.45) is 0. The third-order valence-electron chi connectivity index (χ3n) is 2.44. The van der Waals surface area contributed by atoms with E-state index in [-0.39, 0.29) is 11.9 Å². The van der Waals surface area contributed by atoms with Gasteiger partial charge in [0.15, 0.2) is 0 Å². The summed E-state index contributed by atoms with van der Waals surface area (Å²) in [7, 11) is 1.50. The van der Waals surface area contributed by atoms with E-state index >= 15 is 0 Å². The van der Waals surface area contributed by atoms with Crippen LogP contribution in [0.15, 0.2) is 28.7 Å². The van der Waals surface area contributed by atoms with E-state index in [4.69, 9.17) is 16.3 Å². The van der Waals surface area contributed by atoms with E-state index in [1.54, 1.807) is 31.2 Å². The van der Waals surface area contributed by atoms with Crippen molar-refractivity contribution in [2.75, 3.05) is 12.4 Å². The summed E-state index contributed by atoms with van der Waals surface area (Å²) in [6.45, 7) is 1.79. The zero-order chi connectivity index (χ0) is 14.7. The van der Waals surface area contributed by atoms with Gasteiger partial charge in [-0.2, -0.15) is 4.98 Å². The maximum atomic E-state index is 12.2. The monoisotopic (exact) mass is 355 g/mol. The molecule has 0 atom stereocenters. The molecule has 0 fully saturated rings. The van der Waals surface area contributed by atoms with Crippen molar-refractivity contribution in [3.63, 3.8) is 0 Å². The number of ether oxygens (including phenoxy) is 1. The predicted octanol–water partition coefficient (Wildman–Crippen LogP) is 3.46. The second kappa shape index (κ2) is 6.19. The van der Waals surface area contributed by atoms with Crippen LogP contribution in [0.2, 0.25) is 5.02 Å². The number of carbonyl (C=O) groups excluding carboxylic acids is 1. The number of nitrogens with one attached hydrogen (secondary N) is 1. The van der Waals surface area contributed by atoms with E-state index in [9.17, 15) is 4.79 Å². The summed E-state index contributed by atoms with van der Waals surface area (Å²) < 4.78 is 5.67. The highest BCUT2D eigenvalue weighted by molar-refractivity contribution is 9.10. The number of methoxy groups -OCH3 is 1. The molecule has 2 rings (SSSR count). The number of rotatable bonds is 3. The van der Waals surface area contributed by atoms with Crippen LogP contribution in [0.25, 0.3) is 0 Å². The number of amides is 1. The lowest BCUT2D eigenvalue weighted by atomic mass is 10.2. The Morgan fingerprint density at radius 3 is 2.80 bits per heavy atom. The number of halogens is 2. The Bertz CT molecular complexity index is 664. The molecule has 0 radical (unpaired) electrons. The van der Waals surface area contributed by atoms with Crippen molar-refractivity contribution < 1.29 is 9.53 Å². The molecule has 0 bridgehead atoms. The Morgan fingerprint density at radius 2 is 2.10 bits per heavy atom. The molecule has 0 aliphatic carbocycles. The summed E-state index contributed by atoms with van der Waals surface area (Å²) in [5.41, 5.74) is 1.10. The zero-order valence-electron chi connectivity index (χ0n) is 10.8. The number of hydrogen-bond donors (Lipinski definition) is 1. The van der Waals surface area contributed by atoms with Gasteiger partial charge in [-0.1, -0.05) is 11.6 Å². The average molecular weight is 357 g/mol. The van der Waals surface area contributed by atoms with E-state index in [0.717, 1.165) is 0 Å². The predicted molar refractivity (Wildman–Crippen MR) is 80.4 cm³/mol. The largest absolute Gasteiger partial charge is 0.481 e. The van der Waals surface area contributed by atoms with Crippen molar-refractivity contribution in [2.45, 2.75) is 6.92 Å². The molecule has 1 N–H and O–H groups in total. The van der Waals surface area contributed by atoms with Gasteiger partial charge in [-0.3, -0.25) is 10.1 Å². The summed E-state index contributed by atoms with van der Waals surface area (Å²) in [5.74, 6) is 0.212. The fraction of sp³-hybridized carbons (Fsp3) is 0.154. The summed E-state index contributed by atoms with van der Waals surface area (Å²) in [4.78, 5) is 20.4. The normalized spacial score (nSPS) is 10.2. The SMILES string of the molecule is COc1cc(C)nc(NC(=O)c2cc(Cl)ccc2Br)n1. The first-order chi connectivity index (χ1) is 9.49. The lowest BCUT2D eigenvalue weighted by Gasteiger charge is -2.08. The van der Waals surface area contributed by atoms with Crippen molar-refractivity contribution in [3.8, 4) is 5.88 Å². The molecule has 1 heterocycles. The van der Waals surface area contributed by atoms with Gasteiger partial charge in [0.2, 0.25) is 11.8 Å². The first-order valence-electron chi connectivity index (χ1n) is 5.65. The van der Waals surface area contributed by atoms with Gasteiger partial charge < -0.3 is 4.74 Å². The van der Waals surface area contributed by atoms with Gasteiger partial charge in [-0.05, 0) is 41.1 Å². The van der Waals surface area contributed by atoms with Crippen molar-refractivity contribution in [2.24, 2.45) is 0 Å². The van der Waals surface area contributed by atoms with Gasteiger partial charge in [0.25, 0.3) is 5.91 Å². The van der Waals surface area contributed by atoms with E-state index in [1.807, 2.05) is 0 Å². The number of carbonyl (C=O) groups is 1. The first kappa shape index (κ1) is 14.7. The Morgan fingerprint density at radius 1 is 1.35 bits per heavy atom. The van der Waals surface area contributed by atoms with E-state index in [1.165, 1.54) is 7.11 Å². The Hall–Kier alpha value is -1.66. The van der Waals surface area contributed by atoms with Gasteiger partial charge in [0.05, 0.1) is 12.7 Å². The number of aryl methyl sites for hydroxylation is 1. The topological polar surface area (TPSA) is 64.1 Å². The molecule has 1 amide bonds. The third kappa shape index (κ3) is 3.46. The fourth-order valence-electron chi connectivity index (χ4n) is 1.54. The average Bonchev–Trinajstić information content (AvgIpc) is 2.40. The Kier molecular flexibility index (Phi) is 4.57. The lowest BCUT2D eigenvalue weighted by Crippen LogP contribution is -2.15. The van der Waals surface area contributed by atoms with Crippen LogP contribution in [0.3, 0.4) is 0 Å². The van der Waals surface area contributed by atoms with Crippen molar-refractivity contribution in [1.82, 2.24) is 9.97 Å². The molecule has 5 nitrogen and oxygen atoms in total. The van der Waals surface area contributed by atoms with Crippen LogP contribution in [0.5, 0.6) is 5.88 Å². The number of hydrogen-bond acceptors (Lipinski definition) is 4. The van der Waals surface area contributed by atoms with Gasteiger partial charge >= 0.3 is 0 Å². The molecule has 104 valence electrons. The summed E-state index contributed by atoms with van der Waals surface area (Å²) >= 11 is 9.19. The standard InChI is InChI=1S/C13H11BrClN3O2/c1-7-5-11(20-2)17-13(16-7)18-12(19)9-6-8(15)3-4-10(9)14/h3-6H,1-2H3,(H,16,17,18,19). The highest BCUT2D eigenvalue weighted by Gasteiger charge is 2.13. The van der Waals surface area contributed by atoms with E-state index < -0.39 is 0 Å². The van der Waals surface area contributed by atoms with Crippen LogP contribution < -0.4 is 10.1 Å². The Balaban J connectivity index is 2.27. The molecule has 0 saturated heterocycles.